The molecule has 4 rings (SSSR count). The Kier molecular flexibility index (Phi) is 8.03. The number of amides is 1. The van der Waals surface area contributed by atoms with Gasteiger partial charge in [-0.25, -0.2) is 0 Å². The van der Waals surface area contributed by atoms with E-state index in [-0.39, 0.29) is 18.3 Å². The molecule has 0 atom stereocenters. The summed E-state index contributed by atoms with van der Waals surface area (Å²) in [5, 5.41) is 22.3. The maximum Gasteiger partial charge on any atom is 0.235 e. The summed E-state index contributed by atoms with van der Waals surface area (Å²) in [5.41, 5.74) is 2.99. The van der Waals surface area contributed by atoms with Crippen LogP contribution in [0.2, 0.25) is 0 Å². The summed E-state index contributed by atoms with van der Waals surface area (Å²) in [7, 11) is 0. The molecule has 1 aromatic carbocycles. The van der Waals surface area contributed by atoms with Gasteiger partial charge in [-0.05, 0) is 55.4 Å². The van der Waals surface area contributed by atoms with Gasteiger partial charge in [0.05, 0.1) is 11.3 Å². The highest BCUT2D eigenvalue weighted by molar-refractivity contribution is 7.99. The van der Waals surface area contributed by atoms with E-state index < -0.39 is 0 Å². The molecule has 1 amide bonds. The number of aromatic nitrogens is 3. The molecule has 0 saturated heterocycles. The fourth-order valence-corrected chi connectivity index (χ4v) is 5.90. The highest BCUT2D eigenvalue weighted by atomic mass is 32.2. The van der Waals surface area contributed by atoms with Gasteiger partial charge in [-0.2, -0.15) is 5.26 Å². The Morgan fingerprint density at radius 2 is 2.12 bits per heavy atom. The van der Waals surface area contributed by atoms with Gasteiger partial charge in [-0.3, -0.25) is 9.36 Å². The minimum Gasteiger partial charge on any atom is -0.486 e. The van der Waals surface area contributed by atoms with Gasteiger partial charge in [0.15, 0.2) is 11.0 Å². The fourth-order valence-electron chi connectivity index (χ4n) is 3.88. The largest absolute Gasteiger partial charge is 0.486 e. The summed E-state index contributed by atoms with van der Waals surface area (Å²) in [5.74, 6) is 1.44. The molecule has 3 aromatic rings. The van der Waals surface area contributed by atoms with Crippen LogP contribution in [-0.2, 0) is 37.2 Å². The molecule has 34 heavy (non-hydrogen) atoms. The zero-order chi connectivity index (χ0) is 23.9. The number of benzene rings is 1. The molecule has 9 heteroatoms. The third-order valence-corrected chi connectivity index (χ3v) is 7.85. The molecule has 0 radical (unpaired) electrons. The second kappa shape index (κ2) is 11.4. The number of fused-ring (bicyclic) bond motifs is 1. The van der Waals surface area contributed by atoms with E-state index in [2.05, 4.69) is 35.1 Å². The highest BCUT2D eigenvalue weighted by Crippen LogP contribution is 2.37. The van der Waals surface area contributed by atoms with Crippen molar-refractivity contribution < 1.29 is 9.53 Å². The van der Waals surface area contributed by atoms with Gasteiger partial charge in [-0.1, -0.05) is 36.9 Å². The van der Waals surface area contributed by atoms with E-state index in [1.807, 2.05) is 28.8 Å². The number of ether oxygens (including phenoxy) is 1. The van der Waals surface area contributed by atoms with Gasteiger partial charge in [0.1, 0.15) is 23.4 Å². The molecule has 1 aliphatic carbocycles. The van der Waals surface area contributed by atoms with E-state index in [9.17, 15) is 10.1 Å². The molecule has 0 unspecified atom stereocenters. The third kappa shape index (κ3) is 5.51. The number of rotatable bonds is 10. The second-order valence-electron chi connectivity index (χ2n) is 7.95. The van der Waals surface area contributed by atoms with Crippen molar-refractivity contribution in [3.63, 3.8) is 0 Å². The second-order valence-corrected chi connectivity index (χ2v) is 10.00. The van der Waals surface area contributed by atoms with Crippen molar-refractivity contribution in [1.29, 1.82) is 5.26 Å². The number of nitrogens with one attached hydrogen (secondary N) is 1. The van der Waals surface area contributed by atoms with E-state index in [0.29, 0.717) is 28.1 Å². The van der Waals surface area contributed by atoms with Crippen molar-refractivity contribution in [2.75, 3.05) is 11.1 Å². The van der Waals surface area contributed by atoms with E-state index in [1.54, 1.807) is 6.08 Å². The number of nitriles is 1. The summed E-state index contributed by atoms with van der Waals surface area (Å²) in [6.45, 7) is 6.72. The first-order chi connectivity index (χ1) is 16.6. The van der Waals surface area contributed by atoms with E-state index in [0.717, 1.165) is 43.4 Å². The van der Waals surface area contributed by atoms with Crippen LogP contribution in [0.15, 0.2) is 42.1 Å². The number of carbonyl (C=O) groups excluding carboxylic acids is 1. The van der Waals surface area contributed by atoms with Gasteiger partial charge in [-0.15, -0.1) is 28.1 Å². The Morgan fingerprint density at radius 1 is 1.32 bits per heavy atom. The molecule has 2 heterocycles. The minimum atomic E-state index is -0.165. The van der Waals surface area contributed by atoms with Crippen LogP contribution < -0.4 is 10.1 Å². The molecule has 176 valence electrons. The summed E-state index contributed by atoms with van der Waals surface area (Å²) in [6.07, 6.45) is 6.87. The van der Waals surface area contributed by atoms with Crippen LogP contribution >= 0.6 is 23.1 Å². The van der Waals surface area contributed by atoms with Crippen LogP contribution in [0.3, 0.4) is 0 Å². The SMILES string of the molecule is C=CCn1c(COc2ccc(CC)cc2)nnc1SCC(=O)Nc1sc2c(c1C#N)CCCC2. The number of thiophene rings is 1. The Morgan fingerprint density at radius 3 is 2.85 bits per heavy atom. The first-order valence-electron chi connectivity index (χ1n) is 11.3. The van der Waals surface area contributed by atoms with E-state index in [4.69, 9.17) is 4.74 Å². The number of carbonyl (C=O) groups is 1. The number of nitrogens with zero attached hydrogens (tertiary/aromatic N) is 4. The number of aryl methyl sites for hydroxylation is 2. The molecule has 0 aliphatic heterocycles. The molecule has 7 nitrogen and oxygen atoms in total. The molecule has 0 saturated carbocycles. The molecule has 0 fully saturated rings. The molecular formula is C25H27N5O2S2. The quantitative estimate of drug-likeness (QED) is 0.310. The van der Waals surface area contributed by atoms with E-state index in [1.165, 1.54) is 33.5 Å². The molecule has 0 spiro atoms. The predicted molar refractivity (Wildman–Crippen MR) is 135 cm³/mol. The van der Waals surface area contributed by atoms with Gasteiger partial charge >= 0.3 is 0 Å². The predicted octanol–water partition coefficient (Wildman–Crippen LogP) is 5.15. The molecule has 1 N–H and O–H groups in total. The van der Waals surface area contributed by atoms with E-state index >= 15 is 0 Å². The fraction of sp³-hybridized carbons (Fsp3) is 0.360. The Bertz CT molecular complexity index is 1210. The summed E-state index contributed by atoms with van der Waals surface area (Å²) < 4.78 is 7.79. The number of hydrogen-bond donors (Lipinski definition) is 1. The normalized spacial score (nSPS) is 12.6. The smallest absolute Gasteiger partial charge is 0.235 e. The maximum absolute atomic E-state index is 12.7. The Labute approximate surface area is 207 Å². The van der Waals surface area contributed by atoms with Gasteiger partial charge in [0.2, 0.25) is 5.91 Å². The number of hydrogen-bond acceptors (Lipinski definition) is 7. The van der Waals surface area contributed by atoms with Crippen LogP contribution in [-0.4, -0.2) is 26.4 Å². The van der Waals surface area contributed by atoms with Crippen LogP contribution in [0.1, 0.15) is 47.2 Å². The molecule has 1 aliphatic rings. The van der Waals surface area contributed by atoms with Crippen molar-refractivity contribution in [3.05, 3.63) is 64.3 Å². The van der Waals surface area contributed by atoms with Crippen LogP contribution in [0.5, 0.6) is 5.75 Å². The maximum atomic E-state index is 12.7. The van der Waals surface area contributed by atoms with Crippen LogP contribution in [0.4, 0.5) is 5.00 Å². The molecular weight excluding hydrogens is 466 g/mol. The number of allylic oxidation sites excluding steroid dienone is 1. The molecule has 2 aromatic heterocycles. The minimum absolute atomic E-state index is 0.165. The van der Waals surface area contributed by atoms with Crippen molar-refractivity contribution >= 4 is 34.0 Å². The lowest BCUT2D eigenvalue weighted by Crippen LogP contribution is -2.15. The highest BCUT2D eigenvalue weighted by Gasteiger charge is 2.22. The summed E-state index contributed by atoms with van der Waals surface area (Å²) >= 11 is 2.84. The first-order valence-corrected chi connectivity index (χ1v) is 13.1. The van der Waals surface area contributed by atoms with Crippen molar-refractivity contribution in [2.45, 2.75) is 57.3 Å². The van der Waals surface area contributed by atoms with Crippen molar-refractivity contribution in [1.82, 2.24) is 14.8 Å². The Hall–Kier alpha value is -3.09. The van der Waals surface area contributed by atoms with Crippen LogP contribution in [0, 0.1) is 11.3 Å². The third-order valence-electron chi connectivity index (χ3n) is 5.67. The number of thioether (sulfide) groups is 1. The van der Waals surface area contributed by atoms with Gasteiger partial charge in [0, 0.05) is 11.4 Å². The van der Waals surface area contributed by atoms with Gasteiger partial charge in [0.25, 0.3) is 0 Å². The van der Waals surface area contributed by atoms with Crippen molar-refractivity contribution in [3.8, 4) is 11.8 Å². The first kappa shape index (κ1) is 24.0. The van der Waals surface area contributed by atoms with Crippen LogP contribution in [0.25, 0.3) is 0 Å². The lowest BCUT2D eigenvalue weighted by atomic mass is 9.96. The monoisotopic (exact) mass is 493 g/mol. The topological polar surface area (TPSA) is 92.8 Å². The summed E-state index contributed by atoms with van der Waals surface area (Å²) in [6, 6.07) is 10.3. The average Bonchev–Trinajstić information content (AvgIpc) is 3.41. The molecule has 0 bridgehead atoms. The standard InChI is InChI=1S/C25H27N5O2S2/c1-3-13-30-22(15-32-18-11-9-17(4-2)10-12-18)28-29-25(30)33-16-23(31)27-24-20(14-26)19-7-5-6-8-21(19)34-24/h3,9-12H,1,4-8,13,15-16H2,2H3,(H,27,31). The lowest BCUT2D eigenvalue weighted by molar-refractivity contribution is -0.113. The lowest BCUT2D eigenvalue weighted by Gasteiger charge is -2.10. The zero-order valence-electron chi connectivity index (χ0n) is 19.2. The zero-order valence-corrected chi connectivity index (χ0v) is 20.8. The summed E-state index contributed by atoms with van der Waals surface area (Å²) in [4.78, 5) is 13.9. The Balaban J connectivity index is 1.38. The number of anilines is 1. The average molecular weight is 494 g/mol. The van der Waals surface area contributed by atoms with Crippen molar-refractivity contribution in [2.24, 2.45) is 0 Å². The van der Waals surface area contributed by atoms with Gasteiger partial charge < -0.3 is 10.1 Å².